The van der Waals surface area contributed by atoms with Crippen LogP contribution in [0.3, 0.4) is 0 Å². The number of hydrogen-bond acceptors (Lipinski definition) is 0. The summed E-state index contributed by atoms with van der Waals surface area (Å²) in [6.45, 7) is 0. The van der Waals surface area contributed by atoms with Crippen molar-refractivity contribution in [2.75, 3.05) is 0 Å². The van der Waals surface area contributed by atoms with E-state index in [1.54, 1.807) is 0 Å². The largest absolute Gasteiger partial charge is 0.309 e. The average molecular weight is 559 g/mol. The van der Waals surface area contributed by atoms with Gasteiger partial charge in [0, 0.05) is 38.3 Å². The van der Waals surface area contributed by atoms with Crippen molar-refractivity contribution in [3.05, 3.63) is 158 Å². The Morgan fingerprint density at radius 1 is 0.295 bits per heavy atom. The van der Waals surface area contributed by atoms with Crippen molar-refractivity contribution >= 4 is 75.9 Å². The Morgan fingerprint density at radius 3 is 1.50 bits per heavy atom. The summed E-state index contributed by atoms with van der Waals surface area (Å²) in [4.78, 5) is 0. The normalized spacial score (nSPS) is 12.1. The van der Waals surface area contributed by atoms with Gasteiger partial charge in [-0.15, -0.1) is 0 Å². The van der Waals surface area contributed by atoms with E-state index in [1.165, 1.54) is 87.3 Å². The third kappa shape index (κ3) is 3.20. The van der Waals surface area contributed by atoms with Crippen LogP contribution in [0.1, 0.15) is 0 Å². The van der Waals surface area contributed by atoms with Gasteiger partial charge in [0.15, 0.2) is 0 Å². The van der Waals surface area contributed by atoms with Crippen LogP contribution in [0.15, 0.2) is 158 Å². The molecule has 2 heteroatoms. The molecule has 10 aromatic rings. The highest BCUT2D eigenvalue weighted by Crippen LogP contribution is 2.44. The standard InChI is InChI=1S/C42H26N2/c1-3-12-30-25-32(20-17-27(30)9-1)43-37-16-8-7-15-35(37)40-38(43)23-24-39-41(40)36-22-19-29-11-5-6-14-34(29)42(36)44(39)33-21-18-28-10-2-4-13-31(28)26-33/h1-26H. The van der Waals surface area contributed by atoms with E-state index in [0.717, 1.165) is 0 Å². The fourth-order valence-electron chi connectivity index (χ4n) is 7.50. The van der Waals surface area contributed by atoms with Crippen molar-refractivity contribution < 1.29 is 0 Å². The van der Waals surface area contributed by atoms with Gasteiger partial charge in [0.25, 0.3) is 0 Å². The summed E-state index contributed by atoms with van der Waals surface area (Å²) in [5.41, 5.74) is 7.27. The second-order valence-electron chi connectivity index (χ2n) is 11.8. The summed E-state index contributed by atoms with van der Waals surface area (Å²) in [5.74, 6) is 0. The zero-order valence-electron chi connectivity index (χ0n) is 23.9. The van der Waals surface area contributed by atoms with E-state index in [0.29, 0.717) is 0 Å². The molecule has 204 valence electrons. The molecule has 0 aliphatic carbocycles. The first-order chi connectivity index (χ1) is 21.8. The lowest BCUT2D eigenvalue weighted by atomic mass is 10.0. The molecule has 0 aliphatic heterocycles. The Kier molecular flexibility index (Phi) is 4.75. The number of hydrogen-bond donors (Lipinski definition) is 0. The maximum Gasteiger partial charge on any atom is 0.0619 e. The van der Waals surface area contributed by atoms with Gasteiger partial charge in [-0.05, 0) is 69.4 Å². The molecule has 8 aromatic carbocycles. The second-order valence-corrected chi connectivity index (χ2v) is 11.8. The zero-order chi connectivity index (χ0) is 28.8. The van der Waals surface area contributed by atoms with Gasteiger partial charge in [-0.3, -0.25) is 0 Å². The molecule has 0 saturated carbocycles. The summed E-state index contributed by atoms with van der Waals surface area (Å²) < 4.78 is 4.93. The van der Waals surface area contributed by atoms with Crippen molar-refractivity contribution in [3.8, 4) is 11.4 Å². The van der Waals surface area contributed by atoms with Crippen LogP contribution in [0, 0.1) is 0 Å². The monoisotopic (exact) mass is 558 g/mol. The highest BCUT2D eigenvalue weighted by Gasteiger charge is 2.21. The van der Waals surface area contributed by atoms with E-state index in [4.69, 9.17) is 0 Å². The van der Waals surface area contributed by atoms with Gasteiger partial charge < -0.3 is 9.13 Å². The average Bonchev–Trinajstić information content (AvgIpc) is 3.61. The van der Waals surface area contributed by atoms with E-state index in [9.17, 15) is 0 Å². The van der Waals surface area contributed by atoms with E-state index in [-0.39, 0.29) is 0 Å². The Bertz CT molecular complexity index is 2780. The fourth-order valence-corrected chi connectivity index (χ4v) is 7.50. The maximum atomic E-state index is 2.49. The summed E-state index contributed by atoms with van der Waals surface area (Å²) >= 11 is 0. The van der Waals surface area contributed by atoms with Gasteiger partial charge in [0.1, 0.15) is 0 Å². The SMILES string of the molecule is c1ccc2cc(-n3c4ccccc4c4c5c6ccc7ccccc7c6n(-c6ccc7ccccc7c6)c5ccc43)ccc2c1. The highest BCUT2D eigenvalue weighted by molar-refractivity contribution is 6.31. The third-order valence-electron chi connectivity index (χ3n) is 9.43. The van der Waals surface area contributed by atoms with Crippen molar-refractivity contribution in [2.45, 2.75) is 0 Å². The quantitative estimate of drug-likeness (QED) is 0.200. The number of para-hydroxylation sites is 1. The minimum absolute atomic E-state index is 1.18. The Morgan fingerprint density at radius 2 is 0.795 bits per heavy atom. The van der Waals surface area contributed by atoms with Crippen LogP contribution in [0.2, 0.25) is 0 Å². The summed E-state index contributed by atoms with van der Waals surface area (Å²) in [6.07, 6.45) is 0. The maximum absolute atomic E-state index is 2.49. The molecule has 0 radical (unpaired) electrons. The number of fused-ring (bicyclic) bond motifs is 11. The molecule has 0 atom stereocenters. The van der Waals surface area contributed by atoms with Crippen LogP contribution in [0.4, 0.5) is 0 Å². The van der Waals surface area contributed by atoms with Crippen LogP contribution in [-0.2, 0) is 0 Å². The van der Waals surface area contributed by atoms with E-state index in [2.05, 4.69) is 167 Å². The Labute approximate surface area is 253 Å². The summed E-state index contributed by atoms with van der Waals surface area (Å²) in [7, 11) is 0. The molecule has 0 N–H and O–H groups in total. The molecule has 44 heavy (non-hydrogen) atoms. The van der Waals surface area contributed by atoms with Crippen molar-refractivity contribution in [2.24, 2.45) is 0 Å². The number of aromatic nitrogens is 2. The van der Waals surface area contributed by atoms with Gasteiger partial charge >= 0.3 is 0 Å². The molecule has 0 amide bonds. The van der Waals surface area contributed by atoms with Crippen LogP contribution >= 0.6 is 0 Å². The summed E-state index contributed by atoms with van der Waals surface area (Å²) in [6, 6.07) is 57.8. The molecule has 0 saturated heterocycles. The zero-order valence-corrected chi connectivity index (χ0v) is 23.9. The molecular formula is C42H26N2. The van der Waals surface area contributed by atoms with E-state index < -0.39 is 0 Å². The fraction of sp³-hybridized carbons (Fsp3) is 0. The predicted molar refractivity (Wildman–Crippen MR) is 188 cm³/mol. The Balaban J connectivity index is 1.40. The summed E-state index contributed by atoms with van der Waals surface area (Å²) in [5, 5.41) is 12.7. The van der Waals surface area contributed by atoms with Gasteiger partial charge in [-0.2, -0.15) is 0 Å². The first-order valence-electron chi connectivity index (χ1n) is 15.2. The minimum Gasteiger partial charge on any atom is -0.309 e. The van der Waals surface area contributed by atoms with Gasteiger partial charge in [-0.25, -0.2) is 0 Å². The molecule has 10 rings (SSSR count). The van der Waals surface area contributed by atoms with Crippen LogP contribution in [0.5, 0.6) is 0 Å². The molecule has 2 nitrogen and oxygen atoms in total. The molecule has 0 aliphatic rings. The van der Waals surface area contributed by atoms with Gasteiger partial charge in [-0.1, -0.05) is 115 Å². The lowest BCUT2D eigenvalue weighted by Crippen LogP contribution is -1.95. The lowest BCUT2D eigenvalue weighted by Gasteiger charge is -2.11. The highest BCUT2D eigenvalue weighted by atomic mass is 15.0. The second kappa shape index (κ2) is 8.82. The molecule has 2 aromatic heterocycles. The lowest BCUT2D eigenvalue weighted by molar-refractivity contribution is 1.18. The van der Waals surface area contributed by atoms with E-state index in [1.807, 2.05) is 0 Å². The van der Waals surface area contributed by atoms with Crippen LogP contribution in [0.25, 0.3) is 87.3 Å². The number of rotatable bonds is 2. The van der Waals surface area contributed by atoms with Gasteiger partial charge in [0.2, 0.25) is 0 Å². The predicted octanol–water partition coefficient (Wildman–Crippen LogP) is 11.3. The Hall–Kier alpha value is -5.86. The molecule has 0 bridgehead atoms. The molecule has 0 unspecified atom stereocenters. The number of benzene rings is 8. The van der Waals surface area contributed by atoms with Crippen LogP contribution < -0.4 is 0 Å². The van der Waals surface area contributed by atoms with Crippen LogP contribution in [-0.4, -0.2) is 9.13 Å². The first-order valence-corrected chi connectivity index (χ1v) is 15.2. The van der Waals surface area contributed by atoms with E-state index >= 15 is 0 Å². The van der Waals surface area contributed by atoms with Gasteiger partial charge in [0.05, 0.1) is 22.1 Å². The topological polar surface area (TPSA) is 9.86 Å². The number of nitrogens with zero attached hydrogens (tertiary/aromatic N) is 2. The minimum atomic E-state index is 1.18. The molecule has 2 heterocycles. The first kappa shape index (κ1) is 23.7. The molecule has 0 fully saturated rings. The third-order valence-corrected chi connectivity index (χ3v) is 9.43. The molecule has 0 spiro atoms. The molecular weight excluding hydrogens is 532 g/mol. The smallest absolute Gasteiger partial charge is 0.0619 e. The van der Waals surface area contributed by atoms with Crippen molar-refractivity contribution in [3.63, 3.8) is 0 Å². The van der Waals surface area contributed by atoms with Crippen molar-refractivity contribution in [1.29, 1.82) is 0 Å². The van der Waals surface area contributed by atoms with Crippen molar-refractivity contribution in [1.82, 2.24) is 9.13 Å².